The molecule has 0 fully saturated rings. The molecule has 0 heterocycles. The van der Waals surface area contributed by atoms with E-state index in [9.17, 15) is 14.9 Å². The maximum atomic E-state index is 12.0. The number of halogens is 1. The van der Waals surface area contributed by atoms with Crippen LogP contribution >= 0.6 is 11.6 Å². The lowest BCUT2D eigenvalue weighted by Crippen LogP contribution is -2.21. The molecule has 0 atom stereocenters. The molecule has 2 aromatic rings. The Bertz CT molecular complexity index is 734. The van der Waals surface area contributed by atoms with E-state index in [-0.39, 0.29) is 29.0 Å². The third-order valence-electron chi connectivity index (χ3n) is 3.16. The van der Waals surface area contributed by atoms with Crippen LogP contribution in [0, 0.1) is 10.1 Å². The minimum atomic E-state index is -0.552. The molecule has 0 saturated heterocycles. The number of aryl methyl sites for hydroxylation is 1. The first kappa shape index (κ1) is 16.8. The molecule has 0 aromatic heterocycles. The van der Waals surface area contributed by atoms with Gasteiger partial charge in [-0.15, -0.1) is 0 Å². The summed E-state index contributed by atoms with van der Waals surface area (Å²) in [6.07, 6.45) is 0.797. The number of hydrogen-bond donors (Lipinski definition) is 1. The van der Waals surface area contributed by atoms with E-state index >= 15 is 0 Å². The summed E-state index contributed by atoms with van der Waals surface area (Å²) in [5.41, 5.74) is 1.62. The van der Waals surface area contributed by atoms with Crippen molar-refractivity contribution in [2.45, 2.75) is 13.3 Å². The summed E-state index contributed by atoms with van der Waals surface area (Å²) >= 11 is 5.90. The molecule has 120 valence electrons. The molecule has 6 nitrogen and oxygen atoms in total. The summed E-state index contributed by atoms with van der Waals surface area (Å²) in [6.45, 7) is 1.76. The van der Waals surface area contributed by atoms with Gasteiger partial charge in [-0.2, -0.15) is 0 Å². The van der Waals surface area contributed by atoms with Gasteiger partial charge < -0.3 is 10.1 Å². The highest BCUT2D eigenvalue weighted by Gasteiger charge is 2.12. The molecular formula is C16H15ClN2O4. The molecule has 0 unspecified atom stereocenters. The van der Waals surface area contributed by atoms with Crippen molar-refractivity contribution in [3.63, 3.8) is 0 Å². The Balaban J connectivity index is 1.98. The summed E-state index contributed by atoms with van der Waals surface area (Å²) in [5, 5.41) is 13.5. The molecule has 23 heavy (non-hydrogen) atoms. The highest BCUT2D eigenvalue weighted by atomic mass is 35.5. The van der Waals surface area contributed by atoms with Crippen LogP contribution in [0.2, 0.25) is 5.02 Å². The number of nitrogens with zero attached hydrogens (tertiary/aromatic N) is 1. The Kier molecular flexibility index (Phi) is 5.54. The lowest BCUT2D eigenvalue weighted by molar-refractivity contribution is -0.384. The van der Waals surface area contributed by atoms with Gasteiger partial charge in [-0.05, 0) is 24.1 Å². The quantitative estimate of drug-likeness (QED) is 0.643. The smallest absolute Gasteiger partial charge is 0.271 e. The summed E-state index contributed by atoms with van der Waals surface area (Å²) in [5.74, 6) is -0.114. The summed E-state index contributed by atoms with van der Waals surface area (Å²) in [7, 11) is 0. The zero-order chi connectivity index (χ0) is 16.8. The van der Waals surface area contributed by atoms with E-state index in [1.807, 2.05) is 31.2 Å². The predicted molar refractivity (Wildman–Crippen MR) is 88.1 cm³/mol. The van der Waals surface area contributed by atoms with Gasteiger partial charge in [0.15, 0.2) is 6.61 Å². The number of nitrogens with one attached hydrogen (secondary N) is 1. The first-order valence-electron chi connectivity index (χ1n) is 6.95. The second kappa shape index (κ2) is 7.60. The number of carbonyl (C=O) groups is 1. The standard InChI is InChI=1S/C16H15ClN2O4/c1-2-11-5-3-4-6-14(11)18-16(20)10-23-15-8-7-12(19(21)22)9-13(15)17/h3-9H,2,10H2,1H3,(H,18,20). The lowest BCUT2D eigenvalue weighted by Gasteiger charge is -2.11. The fourth-order valence-electron chi connectivity index (χ4n) is 2.00. The number of nitro benzene ring substituents is 1. The van der Waals surface area contributed by atoms with Crippen LogP contribution in [0.3, 0.4) is 0 Å². The number of benzene rings is 2. The first-order chi connectivity index (χ1) is 11.0. The monoisotopic (exact) mass is 334 g/mol. The number of carbonyl (C=O) groups excluding carboxylic acids is 1. The van der Waals surface area contributed by atoms with E-state index in [4.69, 9.17) is 16.3 Å². The molecule has 2 rings (SSSR count). The van der Waals surface area contributed by atoms with Crippen molar-refractivity contribution in [1.29, 1.82) is 0 Å². The SMILES string of the molecule is CCc1ccccc1NC(=O)COc1ccc([N+](=O)[O-])cc1Cl. The van der Waals surface area contributed by atoms with Gasteiger partial charge in [0.1, 0.15) is 5.75 Å². The Morgan fingerprint density at radius 1 is 1.30 bits per heavy atom. The largest absolute Gasteiger partial charge is 0.482 e. The van der Waals surface area contributed by atoms with E-state index < -0.39 is 4.92 Å². The van der Waals surface area contributed by atoms with Gasteiger partial charge in [-0.3, -0.25) is 14.9 Å². The minimum Gasteiger partial charge on any atom is -0.482 e. The molecule has 0 saturated carbocycles. The van der Waals surface area contributed by atoms with Gasteiger partial charge in [-0.25, -0.2) is 0 Å². The third-order valence-corrected chi connectivity index (χ3v) is 3.45. The summed E-state index contributed by atoms with van der Waals surface area (Å²) < 4.78 is 5.31. The lowest BCUT2D eigenvalue weighted by atomic mass is 10.1. The van der Waals surface area contributed by atoms with Crippen LogP contribution in [0.4, 0.5) is 11.4 Å². The molecule has 0 aliphatic carbocycles. The van der Waals surface area contributed by atoms with Crippen molar-refractivity contribution in [3.05, 3.63) is 63.2 Å². The maximum absolute atomic E-state index is 12.0. The number of rotatable bonds is 6. The molecule has 0 bridgehead atoms. The summed E-state index contributed by atoms with van der Waals surface area (Å²) in [6, 6.07) is 11.3. The van der Waals surface area contributed by atoms with E-state index in [1.54, 1.807) is 0 Å². The molecule has 1 N–H and O–H groups in total. The van der Waals surface area contributed by atoms with Crippen molar-refractivity contribution in [2.24, 2.45) is 0 Å². The van der Waals surface area contributed by atoms with Gasteiger partial charge in [-0.1, -0.05) is 36.7 Å². The van der Waals surface area contributed by atoms with Crippen LogP contribution in [-0.2, 0) is 11.2 Å². The van der Waals surface area contributed by atoms with Crippen LogP contribution in [0.5, 0.6) is 5.75 Å². The first-order valence-corrected chi connectivity index (χ1v) is 7.33. The van der Waals surface area contributed by atoms with E-state index in [0.717, 1.165) is 17.7 Å². The van der Waals surface area contributed by atoms with Gasteiger partial charge in [0, 0.05) is 17.8 Å². The van der Waals surface area contributed by atoms with Gasteiger partial charge in [0.05, 0.1) is 9.95 Å². The summed E-state index contributed by atoms with van der Waals surface area (Å²) in [4.78, 5) is 22.0. The molecule has 0 radical (unpaired) electrons. The molecule has 7 heteroatoms. The molecule has 1 amide bonds. The zero-order valence-corrected chi connectivity index (χ0v) is 13.2. The van der Waals surface area contributed by atoms with Crippen molar-refractivity contribution >= 4 is 28.9 Å². The Hall–Kier alpha value is -2.60. The van der Waals surface area contributed by atoms with Crippen LogP contribution in [-0.4, -0.2) is 17.4 Å². The van der Waals surface area contributed by atoms with Crippen molar-refractivity contribution in [2.75, 3.05) is 11.9 Å². The molecule has 0 aliphatic rings. The van der Waals surface area contributed by atoms with Crippen LogP contribution in [0.15, 0.2) is 42.5 Å². The molecule has 2 aromatic carbocycles. The highest BCUT2D eigenvalue weighted by Crippen LogP contribution is 2.28. The average molecular weight is 335 g/mol. The number of ether oxygens (including phenoxy) is 1. The number of amides is 1. The fourth-order valence-corrected chi connectivity index (χ4v) is 2.23. The molecule has 0 spiro atoms. The van der Waals surface area contributed by atoms with Crippen molar-refractivity contribution in [3.8, 4) is 5.75 Å². The fraction of sp³-hybridized carbons (Fsp3) is 0.188. The van der Waals surface area contributed by atoms with E-state index in [0.29, 0.717) is 0 Å². The van der Waals surface area contributed by atoms with Gasteiger partial charge >= 0.3 is 0 Å². The number of para-hydroxylation sites is 1. The zero-order valence-electron chi connectivity index (χ0n) is 12.4. The maximum Gasteiger partial charge on any atom is 0.271 e. The molecular weight excluding hydrogens is 320 g/mol. The Morgan fingerprint density at radius 2 is 2.04 bits per heavy atom. The number of hydrogen-bond acceptors (Lipinski definition) is 4. The third kappa shape index (κ3) is 4.43. The predicted octanol–water partition coefficient (Wildman–Crippen LogP) is 3.83. The Morgan fingerprint density at radius 3 is 2.70 bits per heavy atom. The van der Waals surface area contributed by atoms with Crippen LogP contribution < -0.4 is 10.1 Å². The van der Waals surface area contributed by atoms with Gasteiger partial charge in [0.2, 0.25) is 0 Å². The second-order valence-electron chi connectivity index (χ2n) is 4.72. The van der Waals surface area contributed by atoms with Crippen molar-refractivity contribution in [1.82, 2.24) is 0 Å². The van der Waals surface area contributed by atoms with E-state index in [1.165, 1.54) is 18.2 Å². The normalized spacial score (nSPS) is 10.2. The number of anilines is 1. The Labute approximate surface area is 138 Å². The van der Waals surface area contributed by atoms with Crippen LogP contribution in [0.1, 0.15) is 12.5 Å². The number of non-ortho nitro benzene ring substituents is 1. The minimum absolute atomic E-state index is 0.0842. The molecule has 0 aliphatic heterocycles. The topological polar surface area (TPSA) is 81.5 Å². The van der Waals surface area contributed by atoms with E-state index in [2.05, 4.69) is 5.32 Å². The van der Waals surface area contributed by atoms with Crippen molar-refractivity contribution < 1.29 is 14.5 Å². The van der Waals surface area contributed by atoms with Crippen LogP contribution in [0.25, 0.3) is 0 Å². The van der Waals surface area contributed by atoms with Gasteiger partial charge in [0.25, 0.3) is 11.6 Å². The average Bonchev–Trinajstić information content (AvgIpc) is 2.54. The highest BCUT2D eigenvalue weighted by molar-refractivity contribution is 6.32. The number of nitro groups is 1. The second-order valence-corrected chi connectivity index (χ2v) is 5.13.